The zero-order chi connectivity index (χ0) is 11.5. The van der Waals surface area contributed by atoms with Crippen LogP contribution in [0, 0.1) is 12.7 Å². The van der Waals surface area contributed by atoms with Gasteiger partial charge in [-0.15, -0.1) is 11.8 Å². The van der Waals surface area contributed by atoms with Crippen molar-refractivity contribution >= 4 is 17.4 Å². The fourth-order valence-corrected chi connectivity index (χ4v) is 1.98. The van der Waals surface area contributed by atoms with Crippen LogP contribution in [0.25, 0.3) is 0 Å². The maximum absolute atomic E-state index is 12.8. The number of thioether (sulfide) groups is 1. The number of hydrogen-bond donors (Lipinski definition) is 1. The van der Waals surface area contributed by atoms with Crippen molar-refractivity contribution in [3.63, 3.8) is 0 Å². The van der Waals surface area contributed by atoms with Crippen LogP contribution in [0.1, 0.15) is 11.7 Å². The first-order valence-corrected chi connectivity index (χ1v) is 5.61. The molecule has 0 radical (unpaired) electrons. The second-order valence-electron chi connectivity index (χ2n) is 3.21. The van der Waals surface area contributed by atoms with E-state index >= 15 is 0 Å². The fourth-order valence-electron chi connectivity index (χ4n) is 1.19. The van der Waals surface area contributed by atoms with E-state index in [-0.39, 0.29) is 5.82 Å². The van der Waals surface area contributed by atoms with E-state index in [9.17, 15) is 4.39 Å². The van der Waals surface area contributed by atoms with Crippen LogP contribution in [0.3, 0.4) is 0 Å². The third-order valence-electron chi connectivity index (χ3n) is 1.89. The van der Waals surface area contributed by atoms with Crippen LogP contribution < -0.4 is 5.73 Å². The molecule has 0 atom stereocenters. The minimum absolute atomic E-state index is 0.338. The highest BCUT2D eigenvalue weighted by Gasteiger charge is 2.06. The third-order valence-corrected chi connectivity index (χ3v) is 2.97. The average Bonchev–Trinajstić information content (AvgIpc) is 2.63. The molecule has 4 nitrogen and oxygen atoms in total. The number of nitrogens with two attached hydrogens (primary N) is 1. The summed E-state index contributed by atoms with van der Waals surface area (Å²) in [6, 6.07) is 4.30. The predicted molar refractivity (Wildman–Crippen MR) is 59.4 cm³/mol. The Morgan fingerprint density at radius 1 is 1.50 bits per heavy atom. The second-order valence-corrected chi connectivity index (χ2v) is 4.22. The maximum atomic E-state index is 12.8. The largest absolute Gasteiger partial charge is 0.398 e. The highest BCUT2D eigenvalue weighted by molar-refractivity contribution is 7.98. The van der Waals surface area contributed by atoms with E-state index in [1.165, 1.54) is 23.9 Å². The lowest BCUT2D eigenvalue weighted by Crippen LogP contribution is -1.90. The van der Waals surface area contributed by atoms with E-state index in [0.717, 1.165) is 4.90 Å². The molecule has 1 heterocycles. The monoisotopic (exact) mass is 239 g/mol. The molecule has 0 bridgehead atoms. The minimum Gasteiger partial charge on any atom is -0.398 e. The number of hydrogen-bond acceptors (Lipinski definition) is 5. The van der Waals surface area contributed by atoms with Crippen LogP contribution in [-0.2, 0) is 5.75 Å². The van der Waals surface area contributed by atoms with E-state index in [1.54, 1.807) is 13.0 Å². The van der Waals surface area contributed by atoms with E-state index in [4.69, 9.17) is 10.3 Å². The molecule has 1 aromatic carbocycles. The van der Waals surface area contributed by atoms with Gasteiger partial charge in [-0.25, -0.2) is 4.39 Å². The molecule has 0 saturated heterocycles. The zero-order valence-corrected chi connectivity index (χ0v) is 9.42. The highest BCUT2D eigenvalue weighted by atomic mass is 32.2. The van der Waals surface area contributed by atoms with Crippen molar-refractivity contribution in [1.82, 2.24) is 10.1 Å². The van der Waals surface area contributed by atoms with Gasteiger partial charge in [0.15, 0.2) is 5.82 Å². The van der Waals surface area contributed by atoms with Gasteiger partial charge in [0.05, 0.1) is 5.75 Å². The molecule has 2 N–H and O–H groups in total. The first-order chi connectivity index (χ1) is 7.65. The molecule has 2 rings (SSSR count). The molecule has 0 aliphatic heterocycles. The van der Waals surface area contributed by atoms with Crippen molar-refractivity contribution in [1.29, 1.82) is 0 Å². The van der Waals surface area contributed by atoms with Crippen LogP contribution in [0.4, 0.5) is 10.1 Å². The molecular formula is C10H10FN3OS. The highest BCUT2D eigenvalue weighted by Crippen LogP contribution is 2.27. The summed E-state index contributed by atoms with van der Waals surface area (Å²) in [7, 11) is 0. The van der Waals surface area contributed by atoms with Crippen LogP contribution in [-0.4, -0.2) is 10.1 Å². The lowest BCUT2D eigenvalue weighted by Gasteiger charge is -2.02. The van der Waals surface area contributed by atoms with Gasteiger partial charge in [-0.1, -0.05) is 5.16 Å². The van der Waals surface area contributed by atoms with Gasteiger partial charge in [0.25, 0.3) is 0 Å². The standard InChI is InChI=1S/C10H10FN3OS/c1-6-13-10(15-14-6)5-16-9-3-2-7(11)4-8(9)12/h2-4H,5,12H2,1H3. The number of rotatable bonds is 3. The smallest absolute Gasteiger partial charge is 0.236 e. The summed E-state index contributed by atoms with van der Waals surface area (Å²) in [5.74, 6) is 1.32. The van der Waals surface area contributed by atoms with E-state index in [2.05, 4.69) is 10.1 Å². The Labute approximate surface area is 96.0 Å². The van der Waals surface area contributed by atoms with Crippen molar-refractivity contribution in [2.24, 2.45) is 0 Å². The molecular weight excluding hydrogens is 229 g/mol. The first-order valence-electron chi connectivity index (χ1n) is 4.62. The van der Waals surface area contributed by atoms with Gasteiger partial charge in [0.1, 0.15) is 5.82 Å². The summed E-state index contributed by atoms with van der Waals surface area (Å²) in [4.78, 5) is 4.86. The van der Waals surface area contributed by atoms with Crippen molar-refractivity contribution in [2.75, 3.05) is 5.73 Å². The molecule has 2 aromatic rings. The zero-order valence-electron chi connectivity index (χ0n) is 8.61. The van der Waals surface area contributed by atoms with Gasteiger partial charge >= 0.3 is 0 Å². The summed E-state index contributed by atoms with van der Waals surface area (Å²) in [6.07, 6.45) is 0. The lowest BCUT2D eigenvalue weighted by molar-refractivity contribution is 0.387. The van der Waals surface area contributed by atoms with Crippen LogP contribution >= 0.6 is 11.8 Å². The number of benzene rings is 1. The molecule has 6 heteroatoms. The Balaban J connectivity index is 2.04. The molecule has 0 aliphatic carbocycles. The summed E-state index contributed by atoms with van der Waals surface area (Å²) in [5.41, 5.74) is 6.08. The number of aryl methyl sites for hydroxylation is 1. The molecule has 16 heavy (non-hydrogen) atoms. The Hall–Kier alpha value is -1.56. The lowest BCUT2D eigenvalue weighted by atomic mass is 10.3. The topological polar surface area (TPSA) is 64.9 Å². The third kappa shape index (κ3) is 2.52. The minimum atomic E-state index is -0.338. The fraction of sp³-hybridized carbons (Fsp3) is 0.200. The summed E-state index contributed by atoms with van der Waals surface area (Å²) >= 11 is 1.43. The normalized spacial score (nSPS) is 10.6. The van der Waals surface area contributed by atoms with Crippen LogP contribution in [0.2, 0.25) is 0 Å². The van der Waals surface area contributed by atoms with Crippen LogP contribution in [0.5, 0.6) is 0 Å². The number of anilines is 1. The van der Waals surface area contributed by atoms with Gasteiger partial charge in [-0.05, 0) is 25.1 Å². The molecule has 1 aromatic heterocycles. The van der Waals surface area contributed by atoms with Gasteiger partial charge in [0.2, 0.25) is 5.89 Å². The molecule has 0 saturated carbocycles. The summed E-state index contributed by atoms with van der Waals surface area (Å²) in [5, 5.41) is 3.67. The predicted octanol–water partition coefficient (Wildman–Crippen LogP) is 2.39. The molecule has 84 valence electrons. The van der Waals surface area contributed by atoms with Crippen molar-refractivity contribution < 1.29 is 8.91 Å². The molecule has 0 aliphatic rings. The number of nitrogens with zero attached hydrogens (tertiary/aromatic N) is 2. The Morgan fingerprint density at radius 3 is 2.94 bits per heavy atom. The van der Waals surface area contributed by atoms with Gasteiger partial charge in [0, 0.05) is 10.6 Å². The number of aromatic nitrogens is 2. The maximum Gasteiger partial charge on any atom is 0.236 e. The van der Waals surface area contributed by atoms with Gasteiger partial charge in [-0.3, -0.25) is 0 Å². The quantitative estimate of drug-likeness (QED) is 0.658. The Bertz CT molecular complexity index is 501. The Kier molecular flexibility index (Phi) is 3.09. The summed E-state index contributed by atoms with van der Waals surface area (Å²) in [6.45, 7) is 1.75. The molecule has 0 unspecified atom stereocenters. The van der Waals surface area contributed by atoms with E-state index in [1.807, 2.05) is 0 Å². The number of halogens is 1. The van der Waals surface area contributed by atoms with Crippen molar-refractivity contribution in [2.45, 2.75) is 17.6 Å². The number of nitrogen functional groups attached to an aromatic ring is 1. The first kappa shape index (κ1) is 10.9. The van der Waals surface area contributed by atoms with Gasteiger partial charge in [-0.2, -0.15) is 4.98 Å². The van der Waals surface area contributed by atoms with Crippen molar-refractivity contribution in [3.05, 3.63) is 35.7 Å². The molecule has 0 spiro atoms. The van der Waals surface area contributed by atoms with E-state index < -0.39 is 0 Å². The molecule has 0 fully saturated rings. The SMILES string of the molecule is Cc1noc(CSc2ccc(F)cc2N)n1. The Morgan fingerprint density at radius 2 is 2.31 bits per heavy atom. The average molecular weight is 239 g/mol. The molecule has 0 amide bonds. The van der Waals surface area contributed by atoms with E-state index in [0.29, 0.717) is 23.2 Å². The summed E-state index contributed by atoms with van der Waals surface area (Å²) < 4.78 is 17.7. The van der Waals surface area contributed by atoms with Gasteiger partial charge < -0.3 is 10.3 Å². The van der Waals surface area contributed by atoms with Crippen LogP contribution in [0.15, 0.2) is 27.6 Å². The second kappa shape index (κ2) is 4.52. The van der Waals surface area contributed by atoms with Crippen molar-refractivity contribution in [3.8, 4) is 0 Å².